The highest BCUT2D eigenvalue weighted by molar-refractivity contribution is 7.89. The van der Waals surface area contributed by atoms with Gasteiger partial charge in [0.25, 0.3) is 5.91 Å². The number of rotatable bonds is 6. The van der Waals surface area contributed by atoms with Gasteiger partial charge in [-0.1, -0.05) is 33.8 Å². The fourth-order valence-electron chi connectivity index (χ4n) is 3.49. The number of carboxylic acids is 1. The van der Waals surface area contributed by atoms with Crippen LogP contribution in [0.2, 0.25) is 0 Å². The van der Waals surface area contributed by atoms with Gasteiger partial charge in [0.2, 0.25) is 10.0 Å². The van der Waals surface area contributed by atoms with Crippen molar-refractivity contribution in [2.45, 2.75) is 45.1 Å². The van der Waals surface area contributed by atoms with Crippen LogP contribution in [0.15, 0.2) is 29.2 Å². The number of carboxylic acid groups (broad SMARTS) is 1. The predicted octanol–water partition coefficient (Wildman–Crippen LogP) is 2.19. The second-order valence-corrected chi connectivity index (χ2v) is 9.77. The number of carbonyl (C=O) groups excluding carboxylic acids is 1. The molecule has 150 valence electrons. The minimum Gasteiger partial charge on any atom is -0.480 e. The third-order valence-corrected chi connectivity index (χ3v) is 6.62. The first kappa shape index (κ1) is 21.4. The van der Waals surface area contributed by atoms with Crippen molar-refractivity contribution in [1.82, 2.24) is 9.62 Å². The van der Waals surface area contributed by atoms with Crippen LogP contribution in [0.1, 0.15) is 44.5 Å². The average molecular weight is 397 g/mol. The van der Waals surface area contributed by atoms with Crippen molar-refractivity contribution in [3.05, 3.63) is 29.8 Å². The Bertz CT molecular complexity index is 796. The van der Waals surface area contributed by atoms with Gasteiger partial charge in [-0.2, -0.15) is 4.31 Å². The maximum atomic E-state index is 13.0. The van der Waals surface area contributed by atoms with Crippen LogP contribution in [0.4, 0.5) is 0 Å². The van der Waals surface area contributed by atoms with Crippen molar-refractivity contribution in [2.24, 2.45) is 17.8 Å². The first-order chi connectivity index (χ1) is 12.5. The third kappa shape index (κ3) is 5.07. The molecular formula is C19H28N2O5S. The van der Waals surface area contributed by atoms with Crippen molar-refractivity contribution in [3.8, 4) is 0 Å². The lowest BCUT2D eigenvalue weighted by Gasteiger charge is -2.34. The highest BCUT2D eigenvalue weighted by Gasteiger charge is 2.32. The normalized spacial score (nSPS) is 22.4. The van der Waals surface area contributed by atoms with Crippen molar-refractivity contribution >= 4 is 21.9 Å². The molecule has 8 heteroatoms. The lowest BCUT2D eigenvalue weighted by molar-refractivity contribution is -0.140. The largest absolute Gasteiger partial charge is 0.480 e. The molecule has 2 N–H and O–H groups in total. The van der Waals surface area contributed by atoms with Gasteiger partial charge < -0.3 is 10.4 Å². The highest BCUT2D eigenvalue weighted by Crippen LogP contribution is 2.27. The van der Waals surface area contributed by atoms with Crippen molar-refractivity contribution < 1.29 is 23.1 Å². The Morgan fingerprint density at radius 2 is 1.78 bits per heavy atom. The Hall–Kier alpha value is -1.93. The summed E-state index contributed by atoms with van der Waals surface area (Å²) in [6, 6.07) is 4.72. The van der Waals surface area contributed by atoms with E-state index >= 15 is 0 Å². The zero-order chi connectivity index (χ0) is 20.4. The second-order valence-electron chi connectivity index (χ2n) is 7.83. The Labute approximate surface area is 160 Å². The molecule has 0 spiro atoms. The molecule has 0 bridgehead atoms. The Morgan fingerprint density at radius 3 is 2.30 bits per heavy atom. The van der Waals surface area contributed by atoms with Crippen LogP contribution in [0.5, 0.6) is 0 Å². The first-order valence-corrected chi connectivity index (χ1v) is 10.6. The summed E-state index contributed by atoms with van der Waals surface area (Å²) < 4.78 is 27.5. The summed E-state index contributed by atoms with van der Waals surface area (Å²) in [5.74, 6) is -1.48. The first-order valence-electron chi connectivity index (χ1n) is 9.16. The van der Waals surface area contributed by atoms with E-state index in [0.717, 1.165) is 6.42 Å². The number of amides is 1. The predicted molar refractivity (Wildman–Crippen MR) is 102 cm³/mol. The molecule has 27 heavy (non-hydrogen) atoms. The van der Waals surface area contributed by atoms with E-state index in [9.17, 15) is 23.1 Å². The van der Waals surface area contributed by atoms with Crippen molar-refractivity contribution in [3.63, 3.8) is 0 Å². The van der Waals surface area contributed by atoms with Crippen LogP contribution in [0.3, 0.4) is 0 Å². The summed E-state index contributed by atoms with van der Waals surface area (Å²) in [5, 5.41) is 11.7. The number of nitrogens with zero attached hydrogens (tertiary/aromatic N) is 1. The van der Waals surface area contributed by atoms with E-state index in [0.29, 0.717) is 13.1 Å². The van der Waals surface area contributed by atoms with Gasteiger partial charge in [0.05, 0.1) is 4.90 Å². The van der Waals surface area contributed by atoms with Gasteiger partial charge in [-0.15, -0.1) is 0 Å². The lowest BCUT2D eigenvalue weighted by Crippen LogP contribution is -2.44. The number of hydrogen-bond donors (Lipinski definition) is 2. The fraction of sp³-hybridized carbons (Fsp3) is 0.579. The van der Waals surface area contributed by atoms with Gasteiger partial charge in [-0.3, -0.25) is 4.79 Å². The molecule has 1 aliphatic heterocycles. The zero-order valence-corrected chi connectivity index (χ0v) is 17.0. The fourth-order valence-corrected chi connectivity index (χ4v) is 5.21. The van der Waals surface area contributed by atoms with E-state index in [1.54, 1.807) is 13.8 Å². The maximum Gasteiger partial charge on any atom is 0.326 e. The number of carbonyl (C=O) groups is 2. The number of nitrogens with one attached hydrogen (secondary N) is 1. The van der Waals surface area contributed by atoms with Crippen LogP contribution in [-0.2, 0) is 14.8 Å². The van der Waals surface area contributed by atoms with Gasteiger partial charge in [0.1, 0.15) is 6.04 Å². The van der Waals surface area contributed by atoms with Crippen molar-refractivity contribution in [1.29, 1.82) is 0 Å². The van der Waals surface area contributed by atoms with E-state index in [4.69, 9.17) is 0 Å². The Kier molecular flexibility index (Phi) is 6.64. The van der Waals surface area contributed by atoms with Crippen LogP contribution < -0.4 is 5.32 Å². The minimum absolute atomic E-state index is 0.0490. The van der Waals surface area contributed by atoms with Crippen LogP contribution in [0.25, 0.3) is 0 Å². The number of sulfonamides is 1. The number of piperidine rings is 1. The second kappa shape index (κ2) is 8.39. The van der Waals surface area contributed by atoms with Gasteiger partial charge in [-0.05, 0) is 42.4 Å². The van der Waals surface area contributed by atoms with Gasteiger partial charge in [-0.25, -0.2) is 13.2 Å². The highest BCUT2D eigenvalue weighted by atomic mass is 32.2. The summed E-state index contributed by atoms with van der Waals surface area (Å²) in [6.07, 6.45) is 0.986. The molecule has 1 saturated heterocycles. The van der Waals surface area contributed by atoms with Crippen molar-refractivity contribution in [2.75, 3.05) is 13.1 Å². The smallest absolute Gasteiger partial charge is 0.326 e. The monoisotopic (exact) mass is 396 g/mol. The van der Waals surface area contributed by atoms with Gasteiger partial charge in [0.15, 0.2) is 0 Å². The molecule has 3 atom stereocenters. The quantitative estimate of drug-likeness (QED) is 0.767. The zero-order valence-electron chi connectivity index (χ0n) is 16.2. The molecule has 0 aliphatic carbocycles. The molecule has 0 radical (unpaired) electrons. The molecular weight excluding hydrogens is 368 g/mol. The summed E-state index contributed by atoms with van der Waals surface area (Å²) >= 11 is 0. The number of aliphatic carboxylic acids is 1. The van der Waals surface area contributed by atoms with E-state index in [1.165, 1.54) is 28.6 Å². The maximum absolute atomic E-state index is 13.0. The SMILES string of the molecule is CC1CC(C)CN(S(=O)(=O)c2cccc(C(=O)N[C@H](C(=O)O)C(C)C)c2)C1. The summed E-state index contributed by atoms with van der Waals surface area (Å²) in [6.45, 7) is 8.35. The molecule has 1 heterocycles. The molecule has 1 fully saturated rings. The van der Waals surface area contributed by atoms with Crippen LogP contribution >= 0.6 is 0 Å². The molecule has 1 aliphatic rings. The lowest BCUT2D eigenvalue weighted by atomic mass is 9.94. The van der Waals surface area contributed by atoms with E-state index < -0.39 is 27.9 Å². The molecule has 1 aromatic carbocycles. The summed E-state index contributed by atoms with van der Waals surface area (Å²) in [5.41, 5.74) is 0.126. The van der Waals surface area contributed by atoms with Crippen LogP contribution in [-0.4, -0.2) is 48.8 Å². The molecule has 0 saturated carbocycles. The molecule has 0 aromatic heterocycles. The molecule has 1 amide bonds. The van der Waals surface area contributed by atoms with E-state index in [2.05, 4.69) is 5.32 Å². The Balaban J connectivity index is 2.26. The molecule has 7 nitrogen and oxygen atoms in total. The number of benzene rings is 1. The summed E-state index contributed by atoms with van der Waals surface area (Å²) in [4.78, 5) is 23.8. The minimum atomic E-state index is -3.71. The van der Waals surface area contributed by atoms with E-state index in [-0.39, 0.29) is 28.2 Å². The molecule has 2 rings (SSSR count). The standard InChI is InChI=1S/C19H28N2O5S/c1-12(2)17(19(23)24)20-18(22)15-6-5-7-16(9-15)27(25,26)21-10-13(3)8-14(4)11-21/h5-7,9,12-14,17H,8,10-11H2,1-4H3,(H,20,22)(H,23,24)/t13?,14?,17-/m0/s1. The Morgan fingerprint density at radius 1 is 1.19 bits per heavy atom. The summed E-state index contributed by atoms with van der Waals surface area (Å²) in [7, 11) is -3.71. The van der Waals surface area contributed by atoms with Crippen LogP contribution in [0, 0.1) is 17.8 Å². The van der Waals surface area contributed by atoms with Gasteiger partial charge >= 0.3 is 5.97 Å². The molecule has 1 aromatic rings. The topological polar surface area (TPSA) is 104 Å². The number of hydrogen-bond acceptors (Lipinski definition) is 4. The van der Waals surface area contributed by atoms with Gasteiger partial charge in [0, 0.05) is 18.7 Å². The third-order valence-electron chi connectivity index (χ3n) is 4.79. The molecule has 2 unspecified atom stereocenters. The van der Waals surface area contributed by atoms with E-state index in [1.807, 2.05) is 13.8 Å². The average Bonchev–Trinajstić information content (AvgIpc) is 2.58.